The molecule has 0 radical (unpaired) electrons. The van der Waals surface area contributed by atoms with Crippen LogP contribution in [0.2, 0.25) is 0 Å². The van der Waals surface area contributed by atoms with Gasteiger partial charge >= 0.3 is 0 Å². The number of aromatic hydroxyl groups is 1. The van der Waals surface area contributed by atoms with Crippen LogP contribution in [-0.4, -0.2) is 37.1 Å². The Morgan fingerprint density at radius 2 is 2.04 bits per heavy atom. The van der Waals surface area contributed by atoms with Gasteiger partial charge in [0, 0.05) is 23.9 Å². The standard InChI is InChI=1S/C20H22N4O3/c1-12-13(2)21-18-11-15(22-24(18)19(12)26)16-8-5-6-10-23(16)20(27)14-7-3-4-9-17(14)25/h3-4,7,9,11,16,21,25H,5-6,8,10H2,1-2H3/t16-/m0/s1. The summed E-state index contributed by atoms with van der Waals surface area (Å²) in [6.07, 6.45) is 2.66. The fourth-order valence-electron chi connectivity index (χ4n) is 3.70. The van der Waals surface area contributed by atoms with Gasteiger partial charge in [-0.05, 0) is 45.2 Å². The van der Waals surface area contributed by atoms with E-state index in [1.807, 2.05) is 13.0 Å². The third-order valence-corrected chi connectivity index (χ3v) is 5.36. The molecule has 0 bridgehead atoms. The van der Waals surface area contributed by atoms with E-state index in [4.69, 9.17) is 0 Å². The second-order valence-corrected chi connectivity index (χ2v) is 7.07. The van der Waals surface area contributed by atoms with Crippen LogP contribution in [0.3, 0.4) is 0 Å². The summed E-state index contributed by atoms with van der Waals surface area (Å²) in [6, 6.07) is 8.19. The molecule has 140 valence electrons. The zero-order valence-electron chi connectivity index (χ0n) is 15.4. The molecular formula is C20H22N4O3. The minimum absolute atomic E-state index is 0.0248. The largest absolute Gasteiger partial charge is 0.507 e. The predicted octanol–water partition coefficient (Wildman–Crippen LogP) is 2.71. The van der Waals surface area contributed by atoms with Crippen molar-refractivity contribution < 1.29 is 9.90 Å². The Morgan fingerprint density at radius 1 is 1.26 bits per heavy atom. The van der Waals surface area contributed by atoms with E-state index in [0.29, 0.717) is 23.4 Å². The third kappa shape index (κ3) is 2.89. The molecule has 3 aromatic rings. The lowest BCUT2D eigenvalue weighted by molar-refractivity contribution is 0.0602. The normalized spacial score (nSPS) is 17.4. The number of benzene rings is 1. The number of carbonyl (C=O) groups excluding carboxylic acids is 1. The SMILES string of the molecule is Cc1[nH]c2cc([C@@H]3CCCCN3C(=O)c3ccccc3O)nn2c(=O)c1C. The summed E-state index contributed by atoms with van der Waals surface area (Å²) in [5.74, 6) is -0.239. The van der Waals surface area contributed by atoms with Gasteiger partial charge in [0.15, 0.2) is 0 Å². The van der Waals surface area contributed by atoms with E-state index in [9.17, 15) is 14.7 Å². The highest BCUT2D eigenvalue weighted by Crippen LogP contribution is 2.33. The molecule has 4 rings (SSSR count). The number of aromatic amines is 1. The number of carbonyl (C=O) groups is 1. The van der Waals surface area contributed by atoms with Gasteiger partial charge in [-0.25, -0.2) is 0 Å². The number of phenols is 1. The van der Waals surface area contributed by atoms with E-state index in [0.717, 1.165) is 25.0 Å². The number of aromatic nitrogens is 3. The number of hydrogen-bond acceptors (Lipinski definition) is 4. The number of para-hydroxylation sites is 1. The zero-order valence-corrected chi connectivity index (χ0v) is 15.4. The van der Waals surface area contributed by atoms with E-state index >= 15 is 0 Å². The average Bonchev–Trinajstić information content (AvgIpc) is 3.10. The molecule has 1 fully saturated rings. The lowest BCUT2D eigenvalue weighted by Gasteiger charge is -2.34. The van der Waals surface area contributed by atoms with Crippen molar-refractivity contribution in [2.24, 2.45) is 0 Å². The van der Waals surface area contributed by atoms with Crippen LogP contribution in [-0.2, 0) is 0 Å². The lowest BCUT2D eigenvalue weighted by atomic mass is 9.98. The number of amides is 1. The van der Waals surface area contributed by atoms with Crippen LogP contribution >= 0.6 is 0 Å². The Morgan fingerprint density at radius 3 is 2.81 bits per heavy atom. The van der Waals surface area contributed by atoms with Crippen molar-refractivity contribution in [1.29, 1.82) is 0 Å². The van der Waals surface area contributed by atoms with Crippen molar-refractivity contribution in [2.75, 3.05) is 6.54 Å². The highest BCUT2D eigenvalue weighted by Gasteiger charge is 2.31. The first-order valence-corrected chi connectivity index (χ1v) is 9.15. The maximum Gasteiger partial charge on any atom is 0.277 e. The number of nitrogens with zero attached hydrogens (tertiary/aromatic N) is 3. The van der Waals surface area contributed by atoms with Crippen LogP contribution in [0.15, 0.2) is 35.1 Å². The van der Waals surface area contributed by atoms with Gasteiger partial charge in [0.05, 0.1) is 17.3 Å². The number of H-pyrrole nitrogens is 1. The third-order valence-electron chi connectivity index (χ3n) is 5.36. The molecule has 7 nitrogen and oxygen atoms in total. The number of aryl methyl sites for hydroxylation is 1. The first-order chi connectivity index (χ1) is 13.0. The monoisotopic (exact) mass is 366 g/mol. The molecule has 1 aliphatic heterocycles. The number of hydrogen-bond donors (Lipinski definition) is 2. The van der Waals surface area contributed by atoms with Gasteiger partial charge in [0.2, 0.25) is 0 Å². The van der Waals surface area contributed by atoms with Crippen molar-refractivity contribution in [1.82, 2.24) is 19.5 Å². The van der Waals surface area contributed by atoms with Gasteiger partial charge in [0.1, 0.15) is 11.4 Å². The van der Waals surface area contributed by atoms with Gasteiger partial charge in [-0.15, -0.1) is 0 Å². The molecular weight excluding hydrogens is 344 g/mol. The molecule has 3 heterocycles. The van der Waals surface area contributed by atoms with Gasteiger partial charge in [0.25, 0.3) is 11.5 Å². The highest BCUT2D eigenvalue weighted by molar-refractivity contribution is 5.97. The van der Waals surface area contributed by atoms with Gasteiger partial charge in [-0.1, -0.05) is 12.1 Å². The molecule has 7 heteroatoms. The Bertz CT molecular complexity index is 1080. The van der Waals surface area contributed by atoms with Gasteiger partial charge in [-0.3, -0.25) is 9.59 Å². The van der Waals surface area contributed by atoms with Crippen LogP contribution < -0.4 is 5.56 Å². The van der Waals surface area contributed by atoms with Crippen LogP contribution in [0, 0.1) is 13.8 Å². The molecule has 2 N–H and O–H groups in total. The summed E-state index contributed by atoms with van der Waals surface area (Å²) >= 11 is 0. The maximum atomic E-state index is 13.1. The first kappa shape index (κ1) is 17.3. The second-order valence-electron chi connectivity index (χ2n) is 7.07. The van der Waals surface area contributed by atoms with Crippen molar-refractivity contribution >= 4 is 11.6 Å². The molecule has 0 saturated carbocycles. The fraction of sp³-hybridized carbons (Fsp3) is 0.350. The maximum absolute atomic E-state index is 13.1. The van der Waals surface area contributed by atoms with Crippen molar-refractivity contribution in [3.05, 3.63) is 63.2 Å². The summed E-state index contributed by atoms with van der Waals surface area (Å²) in [7, 11) is 0. The average molecular weight is 366 g/mol. The number of rotatable bonds is 2. The van der Waals surface area contributed by atoms with E-state index in [2.05, 4.69) is 10.1 Å². The summed E-state index contributed by atoms with van der Waals surface area (Å²) in [6.45, 7) is 4.22. The molecule has 1 atom stereocenters. The van der Waals surface area contributed by atoms with Crippen LogP contribution in [0.1, 0.15) is 52.6 Å². The molecule has 0 unspecified atom stereocenters. The number of piperidine rings is 1. The molecule has 0 spiro atoms. The summed E-state index contributed by atoms with van der Waals surface area (Å²) in [4.78, 5) is 30.5. The lowest BCUT2D eigenvalue weighted by Crippen LogP contribution is -2.38. The molecule has 0 aliphatic carbocycles. The van der Waals surface area contributed by atoms with Crippen molar-refractivity contribution in [3.8, 4) is 5.75 Å². The molecule has 27 heavy (non-hydrogen) atoms. The Labute approximate surface area is 156 Å². The van der Waals surface area contributed by atoms with E-state index in [-0.39, 0.29) is 28.8 Å². The molecule has 1 aliphatic rings. The zero-order chi connectivity index (χ0) is 19.1. The molecule has 2 aromatic heterocycles. The van der Waals surface area contributed by atoms with Gasteiger partial charge < -0.3 is 15.0 Å². The summed E-state index contributed by atoms with van der Waals surface area (Å²) < 4.78 is 1.37. The first-order valence-electron chi connectivity index (χ1n) is 9.15. The fourth-order valence-corrected chi connectivity index (χ4v) is 3.70. The van der Waals surface area contributed by atoms with E-state index < -0.39 is 0 Å². The minimum atomic E-state index is -0.223. The second kappa shape index (κ2) is 6.57. The minimum Gasteiger partial charge on any atom is -0.507 e. The molecule has 1 amide bonds. The molecule has 1 saturated heterocycles. The van der Waals surface area contributed by atoms with Crippen molar-refractivity contribution in [2.45, 2.75) is 39.2 Å². The Balaban J connectivity index is 1.76. The van der Waals surface area contributed by atoms with Gasteiger partial charge in [-0.2, -0.15) is 9.61 Å². The smallest absolute Gasteiger partial charge is 0.277 e. The highest BCUT2D eigenvalue weighted by atomic mass is 16.3. The Hall–Kier alpha value is -3.09. The quantitative estimate of drug-likeness (QED) is 0.730. The number of fused-ring (bicyclic) bond motifs is 1. The van der Waals surface area contributed by atoms with E-state index in [1.165, 1.54) is 10.6 Å². The predicted molar refractivity (Wildman–Crippen MR) is 101 cm³/mol. The topological polar surface area (TPSA) is 90.7 Å². The van der Waals surface area contributed by atoms with Crippen LogP contribution in [0.4, 0.5) is 0 Å². The Kier molecular flexibility index (Phi) is 4.22. The van der Waals surface area contributed by atoms with E-state index in [1.54, 1.807) is 30.0 Å². The van der Waals surface area contributed by atoms with Crippen LogP contribution in [0.5, 0.6) is 5.75 Å². The number of likely N-dealkylation sites (tertiary alicyclic amines) is 1. The number of nitrogens with one attached hydrogen (secondary N) is 1. The number of phenolic OH excluding ortho intramolecular Hbond substituents is 1. The summed E-state index contributed by atoms with van der Waals surface area (Å²) in [5, 5.41) is 14.6. The molecule has 1 aromatic carbocycles. The summed E-state index contributed by atoms with van der Waals surface area (Å²) in [5.41, 5.74) is 2.89. The van der Waals surface area contributed by atoms with Crippen molar-refractivity contribution in [3.63, 3.8) is 0 Å². The van der Waals surface area contributed by atoms with Crippen LogP contribution in [0.25, 0.3) is 5.65 Å².